The zero-order chi connectivity index (χ0) is 15.9. The number of hydrogen-bond acceptors (Lipinski definition) is 2. The first-order chi connectivity index (χ1) is 10.6. The van der Waals surface area contributed by atoms with Crippen molar-refractivity contribution in [2.75, 3.05) is 0 Å². The van der Waals surface area contributed by atoms with Crippen molar-refractivity contribution in [1.29, 1.82) is 0 Å². The molecule has 1 N–H and O–H groups in total. The Kier molecular flexibility index (Phi) is 5.59. The van der Waals surface area contributed by atoms with Gasteiger partial charge in [-0.3, -0.25) is 4.79 Å². The molecule has 0 aliphatic carbocycles. The van der Waals surface area contributed by atoms with Crippen molar-refractivity contribution in [3.05, 3.63) is 65.2 Å². The Bertz CT molecular complexity index is 602. The monoisotopic (exact) mass is 297 g/mol. The highest BCUT2D eigenvalue weighted by Crippen LogP contribution is 2.14. The van der Waals surface area contributed by atoms with Crippen molar-refractivity contribution in [2.45, 2.75) is 39.8 Å². The summed E-state index contributed by atoms with van der Waals surface area (Å²) >= 11 is 0. The van der Waals surface area contributed by atoms with Gasteiger partial charge in [0.25, 0.3) is 5.91 Å². The maximum absolute atomic E-state index is 12.1. The summed E-state index contributed by atoms with van der Waals surface area (Å²) in [5.74, 6) is 0.607. The van der Waals surface area contributed by atoms with E-state index in [0.29, 0.717) is 6.54 Å². The maximum Gasteiger partial charge on any atom is 0.261 e. The summed E-state index contributed by atoms with van der Waals surface area (Å²) in [5, 5.41) is 2.90. The smallest absolute Gasteiger partial charge is 0.261 e. The van der Waals surface area contributed by atoms with Gasteiger partial charge in [0.1, 0.15) is 5.75 Å². The Balaban J connectivity index is 1.84. The molecule has 0 saturated carbocycles. The molecule has 3 heteroatoms. The highest BCUT2D eigenvalue weighted by Gasteiger charge is 2.14. The molecule has 0 heterocycles. The number of aryl methyl sites for hydroxylation is 2. The zero-order valence-corrected chi connectivity index (χ0v) is 13.4. The summed E-state index contributed by atoms with van der Waals surface area (Å²) in [4.78, 5) is 12.1. The van der Waals surface area contributed by atoms with Crippen molar-refractivity contribution >= 4 is 5.91 Å². The summed E-state index contributed by atoms with van der Waals surface area (Å²) in [5.41, 5.74) is 3.55. The second-order valence-electron chi connectivity index (χ2n) is 5.46. The van der Waals surface area contributed by atoms with Crippen LogP contribution >= 0.6 is 0 Å². The third-order valence-corrected chi connectivity index (χ3v) is 3.60. The van der Waals surface area contributed by atoms with E-state index >= 15 is 0 Å². The lowest BCUT2D eigenvalue weighted by atomic mass is 10.1. The molecule has 116 valence electrons. The normalized spacial score (nSPS) is 11.8. The Morgan fingerprint density at radius 1 is 1.05 bits per heavy atom. The van der Waals surface area contributed by atoms with Crippen LogP contribution in [0.3, 0.4) is 0 Å². The number of carbonyl (C=O) groups is 1. The number of carbonyl (C=O) groups excluding carboxylic acids is 1. The predicted octanol–water partition coefficient (Wildman–Crippen LogP) is 3.64. The van der Waals surface area contributed by atoms with Crippen LogP contribution in [0, 0.1) is 6.92 Å². The molecule has 22 heavy (non-hydrogen) atoms. The quantitative estimate of drug-likeness (QED) is 0.884. The topological polar surface area (TPSA) is 38.3 Å². The summed E-state index contributed by atoms with van der Waals surface area (Å²) in [6.07, 6.45) is 0.477. The van der Waals surface area contributed by atoms with E-state index in [1.807, 2.05) is 55.5 Å². The van der Waals surface area contributed by atoms with E-state index in [1.165, 1.54) is 11.1 Å². The predicted molar refractivity (Wildman–Crippen MR) is 88.9 cm³/mol. The van der Waals surface area contributed by atoms with Crippen LogP contribution in [0.25, 0.3) is 0 Å². The molecule has 0 aliphatic rings. The van der Waals surface area contributed by atoms with Gasteiger partial charge in [0.15, 0.2) is 6.10 Å². The minimum Gasteiger partial charge on any atom is -0.481 e. The van der Waals surface area contributed by atoms with Crippen LogP contribution < -0.4 is 10.1 Å². The van der Waals surface area contributed by atoms with Crippen LogP contribution in [-0.2, 0) is 17.8 Å². The Morgan fingerprint density at radius 2 is 1.64 bits per heavy atom. The van der Waals surface area contributed by atoms with Crippen molar-refractivity contribution < 1.29 is 9.53 Å². The number of nitrogens with one attached hydrogen (secondary N) is 1. The minimum atomic E-state index is -0.516. The van der Waals surface area contributed by atoms with Gasteiger partial charge in [-0.05, 0) is 43.5 Å². The van der Waals surface area contributed by atoms with Crippen molar-refractivity contribution in [3.63, 3.8) is 0 Å². The third kappa shape index (κ3) is 4.62. The van der Waals surface area contributed by atoms with Crippen molar-refractivity contribution in [2.24, 2.45) is 0 Å². The average molecular weight is 297 g/mol. The van der Waals surface area contributed by atoms with Gasteiger partial charge in [-0.2, -0.15) is 0 Å². The van der Waals surface area contributed by atoms with Crippen LogP contribution in [-0.4, -0.2) is 12.0 Å². The van der Waals surface area contributed by atoms with E-state index in [4.69, 9.17) is 4.74 Å². The molecule has 0 radical (unpaired) electrons. The largest absolute Gasteiger partial charge is 0.481 e. The van der Waals surface area contributed by atoms with Gasteiger partial charge in [-0.1, -0.05) is 48.9 Å². The fourth-order valence-corrected chi connectivity index (χ4v) is 2.10. The van der Waals surface area contributed by atoms with Gasteiger partial charge in [0.2, 0.25) is 0 Å². The van der Waals surface area contributed by atoms with Gasteiger partial charge >= 0.3 is 0 Å². The van der Waals surface area contributed by atoms with Crippen molar-refractivity contribution in [1.82, 2.24) is 5.32 Å². The zero-order valence-electron chi connectivity index (χ0n) is 13.4. The fourth-order valence-electron chi connectivity index (χ4n) is 2.10. The van der Waals surface area contributed by atoms with Crippen LogP contribution in [0.2, 0.25) is 0 Å². The number of benzene rings is 2. The molecule has 1 amide bonds. The highest BCUT2D eigenvalue weighted by molar-refractivity contribution is 5.80. The number of ether oxygens (including phenoxy) is 1. The molecule has 0 spiro atoms. The molecular weight excluding hydrogens is 274 g/mol. The molecule has 1 unspecified atom stereocenters. The van der Waals surface area contributed by atoms with Gasteiger partial charge in [0.05, 0.1) is 0 Å². The maximum atomic E-state index is 12.1. The standard InChI is InChI=1S/C19H23NO2/c1-4-16-9-11-18(12-10-16)22-15(3)19(21)20-13-17-7-5-14(2)6-8-17/h5-12,15H,4,13H2,1-3H3,(H,20,21). The van der Waals surface area contributed by atoms with Gasteiger partial charge in [-0.15, -0.1) is 0 Å². The lowest BCUT2D eigenvalue weighted by Crippen LogP contribution is -2.35. The first-order valence-electron chi connectivity index (χ1n) is 7.67. The molecule has 0 aliphatic heterocycles. The van der Waals surface area contributed by atoms with E-state index in [9.17, 15) is 4.79 Å². The summed E-state index contributed by atoms with van der Waals surface area (Å²) in [6, 6.07) is 16.0. The van der Waals surface area contributed by atoms with Crippen LogP contribution in [0.15, 0.2) is 48.5 Å². The average Bonchev–Trinajstić information content (AvgIpc) is 2.54. The first kappa shape index (κ1) is 16.1. The van der Waals surface area contributed by atoms with E-state index in [0.717, 1.165) is 17.7 Å². The van der Waals surface area contributed by atoms with E-state index in [-0.39, 0.29) is 5.91 Å². The molecule has 2 aromatic rings. The summed E-state index contributed by atoms with van der Waals surface area (Å²) in [7, 11) is 0. The molecule has 0 bridgehead atoms. The number of amides is 1. The minimum absolute atomic E-state index is 0.111. The fraction of sp³-hybridized carbons (Fsp3) is 0.316. The first-order valence-corrected chi connectivity index (χ1v) is 7.67. The van der Waals surface area contributed by atoms with Gasteiger partial charge < -0.3 is 10.1 Å². The van der Waals surface area contributed by atoms with E-state index < -0.39 is 6.10 Å². The molecule has 1 atom stereocenters. The molecule has 0 fully saturated rings. The highest BCUT2D eigenvalue weighted by atomic mass is 16.5. The molecule has 0 saturated heterocycles. The summed E-state index contributed by atoms with van der Waals surface area (Å²) in [6.45, 7) is 6.43. The molecule has 2 rings (SSSR count). The lowest BCUT2D eigenvalue weighted by Gasteiger charge is -2.15. The SMILES string of the molecule is CCc1ccc(OC(C)C(=O)NCc2ccc(C)cc2)cc1. The second kappa shape index (κ2) is 7.64. The van der Waals surface area contributed by atoms with Gasteiger partial charge in [0, 0.05) is 6.54 Å². The van der Waals surface area contributed by atoms with E-state index in [2.05, 4.69) is 12.2 Å². The molecule has 0 aromatic heterocycles. The lowest BCUT2D eigenvalue weighted by molar-refractivity contribution is -0.127. The Morgan fingerprint density at radius 3 is 2.23 bits per heavy atom. The Labute approximate surface area is 132 Å². The Hall–Kier alpha value is -2.29. The van der Waals surface area contributed by atoms with Gasteiger partial charge in [-0.25, -0.2) is 0 Å². The number of rotatable bonds is 6. The number of hydrogen-bond donors (Lipinski definition) is 1. The van der Waals surface area contributed by atoms with Crippen LogP contribution in [0.1, 0.15) is 30.5 Å². The van der Waals surface area contributed by atoms with Crippen molar-refractivity contribution in [3.8, 4) is 5.75 Å². The van der Waals surface area contributed by atoms with Crippen LogP contribution in [0.5, 0.6) is 5.75 Å². The third-order valence-electron chi connectivity index (χ3n) is 3.60. The van der Waals surface area contributed by atoms with E-state index in [1.54, 1.807) is 6.92 Å². The second-order valence-corrected chi connectivity index (χ2v) is 5.46. The molecular formula is C19H23NO2. The van der Waals surface area contributed by atoms with Crippen LogP contribution in [0.4, 0.5) is 0 Å². The summed E-state index contributed by atoms with van der Waals surface area (Å²) < 4.78 is 5.67. The molecule has 2 aromatic carbocycles. The molecule has 3 nitrogen and oxygen atoms in total.